The number of rotatable bonds is 12. The summed E-state index contributed by atoms with van der Waals surface area (Å²) in [6.07, 6.45) is 9.53. The third-order valence-corrected chi connectivity index (χ3v) is 6.93. The molecule has 4 heterocycles. The van der Waals surface area contributed by atoms with Crippen molar-refractivity contribution in [2.24, 2.45) is 0 Å². The summed E-state index contributed by atoms with van der Waals surface area (Å²) in [6.45, 7) is 7.70. The Morgan fingerprint density at radius 1 is 0.612 bits per heavy atom. The van der Waals surface area contributed by atoms with Gasteiger partial charge < -0.3 is 20.9 Å². The molecule has 250 valence electrons. The van der Waals surface area contributed by atoms with Crippen molar-refractivity contribution in [2.45, 2.75) is 20.8 Å². The lowest BCUT2D eigenvalue weighted by Crippen LogP contribution is -2.21. The van der Waals surface area contributed by atoms with E-state index in [9.17, 15) is 0 Å². The summed E-state index contributed by atoms with van der Waals surface area (Å²) < 4.78 is 0. The number of aromatic nitrogens is 8. The number of H-pyrrole nitrogens is 2. The van der Waals surface area contributed by atoms with Gasteiger partial charge >= 0.3 is 0 Å². The van der Waals surface area contributed by atoms with Crippen molar-refractivity contribution in [2.75, 3.05) is 43.1 Å². The Hall–Kier alpha value is -6.14. The molecule has 0 fully saturated rings. The first-order valence-electron chi connectivity index (χ1n) is 15.9. The largest absolute Gasteiger partial charge is 0.369 e. The maximum Gasteiger partial charge on any atom is 0.156 e. The standard InChI is InChI=1S/C21H27N7.C16H15N5/c1-15-5-7-17(8-6-15)9-10-18-23-19(22-11-12-28(3)4)14-20(24-18)25-21-13-16(2)26-27-21;1-12-11-16(21-20-12)19-15-9-10-17-14(18-15)8-7-13-5-3-2-4-6-13/h5-10,13-14H,11-12H2,1-4H3,(H3,22,23,24,25,26,27);2-11H,1H3,(H2,17,18,19,20,21)/b10-9+;8-7+. The van der Waals surface area contributed by atoms with Crippen LogP contribution in [-0.4, -0.2) is 72.4 Å². The molecule has 6 rings (SSSR count). The molecule has 0 amide bonds. The number of nitrogens with one attached hydrogen (secondary N) is 5. The first-order chi connectivity index (χ1) is 23.8. The molecule has 12 heteroatoms. The fraction of sp³-hybridized carbons (Fsp3) is 0.189. The number of anilines is 5. The number of aromatic amines is 2. The van der Waals surface area contributed by atoms with Crippen LogP contribution >= 0.6 is 0 Å². The van der Waals surface area contributed by atoms with E-state index in [-0.39, 0.29) is 0 Å². The van der Waals surface area contributed by atoms with Crippen LogP contribution in [0.2, 0.25) is 0 Å². The Kier molecular flexibility index (Phi) is 12.0. The van der Waals surface area contributed by atoms with Gasteiger partial charge in [0.2, 0.25) is 0 Å². The number of hydrogen-bond acceptors (Lipinski definition) is 10. The van der Waals surface area contributed by atoms with Crippen molar-refractivity contribution in [3.05, 3.63) is 125 Å². The highest BCUT2D eigenvalue weighted by atomic mass is 15.2. The van der Waals surface area contributed by atoms with Crippen molar-refractivity contribution in [1.82, 2.24) is 45.2 Å². The third-order valence-electron chi connectivity index (χ3n) is 6.93. The van der Waals surface area contributed by atoms with E-state index >= 15 is 0 Å². The molecule has 0 aliphatic rings. The molecule has 12 nitrogen and oxygen atoms in total. The lowest BCUT2D eigenvalue weighted by atomic mass is 10.1. The molecule has 49 heavy (non-hydrogen) atoms. The van der Waals surface area contributed by atoms with E-state index in [2.05, 4.69) is 92.4 Å². The number of benzene rings is 2. The summed E-state index contributed by atoms with van der Waals surface area (Å²) in [6, 6.07) is 25.9. The number of likely N-dealkylation sites (N-methyl/N-ethyl adjacent to an activating group) is 1. The Morgan fingerprint density at radius 2 is 1.20 bits per heavy atom. The van der Waals surface area contributed by atoms with Gasteiger partial charge in [0.15, 0.2) is 23.3 Å². The van der Waals surface area contributed by atoms with Gasteiger partial charge in [0.1, 0.15) is 17.5 Å². The fourth-order valence-corrected chi connectivity index (χ4v) is 4.44. The highest BCUT2D eigenvalue weighted by Gasteiger charge is 2.06. The van der Waals surface area contributed by atoms with Gasteiger partial charge in [-0.1, -0.05) is 72.3 Å². The molecule has 6 aromatic rings. The van der Waals surface area contributed by atoms with Crippen LogP contribution in [0.1, 0.15) is 39.7 Å². The number of hydrogen-bond donors (Lipinski definition) is 5. The van der Waals surface area contributed by atoms with Gasteiger partial charge in [-0.3, -0.25) is 10.2 Å². The van der Waals surface area contributed by atoms with E-state index < -0.39 is 0 Å². The smallest absolute Gasteiger partial charge is 0.156 e. The van der Waals surface area contributed by atoms with Crippen LogP contribution in [0, 0.1) is 20.8 Å². The molecule has 4 aromatic heterocycles. The van der Waals surface area contributed by atoms with E-state index in [1.807, 2.05) is 107 Å². The summed E-state index contributed by atoms with van der Waals surface area (Å²) in [4.78, 5) is 20.0. The van der Waals surface area contributed by atoms with E-state index in [0.717, 1.165) is 53.1 Å². The first-order valence-corrected chi connectivity index (χ1v) is 15.9. The molecule has 2 aromatic carbocycles. The number of aryl methyl sites for hydroxylation is 3. The number of nitrogens with zero attached hydrogens (tertiary/aromatic N) is 7. The van der Waals surface area contributed by atoms with Gasteiger partial charge in [-0.05, 0) is 64.2 Å². The fourth-order valence-electron chi connectivity index (χ4n) is 4.44. The maximum absolute atomic E-state index is 4.61. The van der Waals surface area contributed by atoms with Crippen LogP contribution in [-0.2, 0) is 0 Å². The molecule has 0 unspecified atom stereocenters. The summed E-state index contributed by atoms with van der Waals surface area (Å²) in [7, 11) is 4.09. The zero-order valence-corrected chi connectivity index (χ0v) is 28.4. The van der Waals surface area contributed by atoms with Crippen LogP contribution < -0.4 is 16.0 Å². The van der Waals surface area contributed by atoms with Crippen LogP contribution in [0.15, 0.2) is 85.1 Å². The maximum atomic E-state index is 4.61. The molecule has 0 aliphatic heterocycles. The van der Waals surface area contributed by atoms with Crippen LogP contribution in [0.4, 0.5) is 29.1 Å². The zero-order valence-electron chi connectivity index (χ0n) is 28.4. The lowest BCUT2D eigenvalue weighted by Gasteiger charge is -2.12. The summed E-state index contributed by atoms with van der Waals surface area (Å²) in [5.74, 6) is 4.92. The van der Waals surface area contributed by atoms with Gasteiger partial charge in [0.25, 0.3) is 0 Å². The van der Waals surface area contributed by atoms with Gasteiger partial charge in [-0.2, -0.15) is 10.2 Å². The van der Waals surface area contributed by atoms with E-state index in [4.69, 9.17) is 0 Å². The normalized spacial score (nSPS) is 11.1. The average Bonchev–Trinajstić information content (AvgIpc) is 3.70. The molecular formula is C37H42N12. The summed E-state index contributed by atoms with van der Waals surface area (Å²) >= 11 is 0. The second-order valence-electron chi connectivity index (χ2n) is 11.6. The van der Waals surface area contributed by atoms with Crippen LogP contribution in [0.5, 0.6) is 0 Å². The minimum Gasteiger partial charge on any atom is -0.369 e. The topological polar surface area (TPSA) is 148 Å². The van der Waals surface area contributed by atoms with Crippen molar-refractivity contribution in [3.63, 3.8) is 0 Å². The van der Waals surface area contributed by atoms with Gasteiger partial charge in [-0.15, -0.1) is 0 Å². The SMILES string of the molecule is Cc1cc(Nc2ccnc(/C=C/c3ccccc3)n2)n[nH]1.Cc1ccc(/C=C/c2nc(NCCN(C)C)cc(Nc3cc(C)[nH]n3)n2)cc1. The molecule has 5 N–H and O–H groups in total. The Morgan fingerprint density at radius 3 is 1.84 bits per heavy atom. The summed E-state index contributed by atoms with van der Waals surface area (Å²) in [5, 5.41) is 23.9. The summed E-state index contributed by atoms with van der Waals surface area (Å²) in [5.41, 5.74) is 5.44. The van der Waals surface area contributed by atoms with Gasteiger partial charge in [-0.25, -0.2) is 19.9 Å². The van der Waals surface area contributed by atoms with Crippen LogP contribution in [0.3, 0.4) is 0 Å². The Balaban J connectivity index is 0.000000199. The van der Waals surface area contributed by atoms with Crippen molar-refractivity contribution in [3.8, 4) is 0 Å². The quantitative estimate of drug-likeness (QED) is 0.0923. The van der Waals surface area contributed by atoms with E-state index in [1.165, 1.54) is 5.56 Å². The predicted molar refractivity (Wildman–Crippen MR) is 200 cm³/mol. The first kappa shape index (κ1) is 34.2. The molecule has 0 atom stereocenters. The lowest BCUT2D eigenvalue weighted by molar-refractivity contribution is 0.425. The highest BCUT2D eigenvalue weighted by Crippen LogP contribution is 2.18. The molecular weight excluding hydrogens is 612 g/mol. The Bertz CT molecular complexity index is 1960. The second-order valence-corrected chi connectivity index (χ2v) is 11.6. The molecule has 0 bridgehead atoms. The molecule has 0 saturated carbocycles. The van der Waals surface area contributed by atoms with Crippen molar-refractivity contribution in [1.29, 1.82) is 0 Å². The monoisotopic (exact) mass is 654 g/mol. The minimum absolute atomic E-state index is 0.630. The van der Waals surface area contributed by atoms with Crippen molar-refractivity contribution < 1.29 is 0 Å². The highest BCUT2D eigenvalue weighted by molar-refractivity contribution is 5.69. The zero-order chi connectivity index (χ0) is 34.4. The predicted octanol–water partition coefficient (Wildman–Crippen LogP) is 7.13. The second kappa shape index (κ2) is 17.1. The van der Waals surface area contributed by atoms with Crippen LogP contribution in [0.25, 0.3) is 24.3 Å². The molecule has 0 spiro atoms. The molecule has 0 radical (unpaired) electrons. The molecule has 0 saturated heterocycles. The Labute approximate surface area is 286 Å². The van der Waals surface area contributed by atoms with E-state index in [0.29, 0.717) is 23.3 Å². The van der Waals surface area contributed by atoms with Gasteiger partial charge in [0, 0.05) is 48.9 Å². The van der Waals surface area contributed by atoms with E-state index in [1.54, 1.807) is 6.20 Å². The minimum atomic E-state index is 0.630. The van der Waals surface area contributed by atoms with Gasteiger partial charge in [0.05, 0.1) is 0 Å². The molecule has 0 aliphatic carbocycles. The van der Waals surface area contributed by atoms with Crippen molar-refractivity contribution >= 4 is 53.4 Å². The average molecular weight is 655 g/mol. The third kappa shape index (κ3) is 11.6.